The minimum atomic E-state index is -0.154. The smallest absolute Gasteiger partial charge is 0.261 e. The van der Waals surface area contributed by atoms with E-state index in [-0.39, 0.29) is 11.8 Å². The molecule has 1 aliphatic rings. The first kappa shape index (κ1) is 18.2. The summed E-state index contributed by atoms with van der Waals surface area (Å²) in [6, 6.07) is 21.8. The highest BCUT2D eigenvalue weighted by Gasteiger charge is 2.34. The topological polar surface area (TPSA) is 49.4 Å². The largest absolute Gasteiger partial charge is 0.385 e. The third kappa shape index (κ3) is 3.63. The van der Waals surface area contributed by atoms with Crippen LogP contribution in [-0.4, -0.2) is 29.8 Å². The van der Waals surface area contributed by atoms with E-state index in [1.807, 2.05) is 0 Å². The first-order valence-corrected chi connectivity index (χ1v) is 9.92. The Morgan fingerprint density at radius 3 is 2.11 bits per heavy atom. The number of carbonyl (C=O) groups is 2. The minimum absolute atomic E-state index is 0.154. The van der Waals surface area contributed by atoms with E-state index in [0.717, 1.165) is 32.2 Å². The van der Waals surface area contributed by atoms with Crippen LogP contribution in [0, 0.1) is 0 Å². The molecule has 0 bridgehead atoms. The average molecular weight is 372 g/mol. The lowest BCUT2D eigenvalue weighted by Gasteiger charge is -2.13. The maximum absolute atomic E-state index is 12.3. The van der Waals surface area contributed by atoms with Gasteiger partial charge in [-0.3, -0.25) is 14.5 Å². The van der Waals surface area contributed by atoms with Gasteiger partial charge in [0.05, 0.1) is 11.1 Å². The zero-order chi connectivity index (χ0) is 19.3. The molecule has 28 heavy (non-hydrogen) atoms. The van der Waals surface area contributed by atoms with Crippen LogP contribution in [0.1, 0.15) is 46.4 Å². The number of imide groups is 1. The van der Waals surface area contributed by atoms with Crippen LogP contribution in [0.4, 0.5) is 5.69 Å². The summed E-state index contributed by atoms with van der Waals surface area (Å²) in [6.07, 6.45) is 3.98. The molecule has 3 aromatic carbocycles. The van der Waals surface area contributed by atoms with Gasteiger partial charge in [0.2, 0.25) is 0 Å². The van der Waals surface area contributed by atoms with Crippen molar-refractivity contribution in [1.82, 2.24) is 4.90 Å². The van der Waals surface area contributed by atoms with Crippen molar-refractivity contribution < 1.29 is 9.59 Å². The van der Waals surface area contributed by atoms with E-state index in [2.05, 4.69) is 47.8 Å². The van der Waals surface area contributed by atoms with Gasteiger partial charge >= 0.3 is 0 Å². The zero-order valence-corrected chi connectivity index (χ0v) is 15.9. The maximum Gasteiger partial charge on any atom is 0.261 e. The van der Waals surface area contributed by atoms with Crippen molar-refractivity contribution in [3.8, 4) is 0 Å². The molecule has 1 heterocycles. The molecule has 0 aliphatic carbocycles. The maximum atomic E-state index is 12.3. The van der Waals surface area contributed by atoms with Crippen LogP contribution >= 0.6 is 0 Å². The molecule has 4 rings (SSSR count). The molecule has 1 N–H and O–H groups in total. The lowest BCUT2D eigenvalue weighted by Crippen LogP contribution is -2.30. The lowest BCUT2D eigenvalue weighted by atomic mass is 10.1. The standard InChI is InChI=1S/C24H24N2O2/c27-23-20-13-5-6-14-21(20)24(28)26(23)17-8-2-1-7-16-25-22-15-9-11-18-10-3-4-12-19(18)22/h3-6,9-15,25H,1-2,7-8,16-17H2. The van der Waals surface area contributed by atoms with Gasteiger partial charge in [-0.1, -0.05) is 61.4 Å². The van der Waals surface area contributed by atoms with Crippen molar-refractivity contribution in [2.45, 2.75) is 25.7 Å². The van der Waals surface area contributed by atoms with Crippen LogP contribution in [0.2, 0.25) is 0 Å². The second-order valence-electron chi connectivity index (χ2n) is 7.18. The fraction of sp³-hybridized carbons (Fsp3) is 0.250. The van der Waals surface area contributed by atoms with Gasteiger partial charge in [-0.25, -0.2) is 0 Å². The van der Waals surface area contributed by atoms with Crippen molar-refractivity contribution >= 4 is 28.3 Å². The number of hydrogen-bond donors (Lipinski definition) is 1. The number of amides is 2. The van der Waals surface area contributed by atoms with Gasteiger partial charge in [0, 0.05) is 24.2 Å². The number of anilines is 1. The molecule has 3 aromatic rings. The summed E-state index contributed by atoms with van der Waals surface area (Å²) >= 11 is 0. The molecule has 4 heteroatoms. The Morgan fingerprint density at radius 2 is 1.32 bits per heavy atom. The molecule has 0 atom stereocenters. The summed E-state index contributed by atoms with van der Waals surface area (Å²) in [5.41, 5.74) is 2.24. The Hall–Kier alpha value is -3.14. The van der Waals surface area contributed by atoms with Crippen molar-refractivity contribution in [3.05, 3.63) is 77.9 Å². The summed E-state index contributed by atoms with van der Waals surface area (Å²) < 4.78 is 0. The van der Waals surface area contributed by atoms with E-state index < -0.39 is 0 Å². The normalized spacial score (nSPS) is 13.2. The number of nitrogens with one attached hydrogen (secondary N) is 1. The number of fused-ring (bicyclic) bond motifs is 2. The third-order valence-electron chi connectivity index (χ3n) is 5.29. The predicted molar refractivity (Wildman–Crippen MR) is 113 cm³/mol. The summed E-state index contributed by atoms with van der Waals surface area (Å²) in [5.74, 6) is -0.309. The summed E-state index contributed by atoms with van der Waals surface area (Å²) in [5, 5.41) is 6.02. The quantitative estimate of drug-likeness (QED) is 0.442. The van der Waals surface area contributed by atoms with Gasteiger partial charge in [-0.2, -0.15) is 0 Å². The summed E-state index contributed by atoms with van der Waals surface area (Å²) in [4.78, 5) is 26.1. The highest BCUT2D eigenvalue weighted by atomic mass is 16.2. The average Bonchev–Trinajstić information content (AvgIpc) is 2.98. The van der Waals surface area contributed by atoms with Crippen LogP contribution < -0.4 is 5.32 Å². The number of hydrogen-bond acceptors (Lipinski definition) is 3. The molecule has 0 aromatic heterocycles. The van der Waals surface area contributed by atoms with Gasteiger partial charge in [0.15, 0.2) is 0 Å². The molecular formula is C24H24N2O2. The van der Waals surface area contributed by atoms with Gasteiger partial charge in [-0.05, 0) is 36.4 Å². The first-order valence-electron chi connectivity index (χ1n) is 9.92. The van der Waals surface area contributed by atoms with Crippen molar-refractivity contribution in [3.63, 3.8) is 0 Å². The van der Waals surface area contributed by atoms with Crippen LogP contribution in [-0.2, 0) is 0 Å². The van der Waals surface area contributed by atoms with Crippen molar-refractivity contribution in [2.75, 3.05) is 18.4 Å². The molecule has 0 spiro atoms. The molecule has 4 nitrogen and oxygen atoms in total. The fourth-order valence-electron chi connectivity index (χ4n) is 3.79. The van der Waals surface area contributed by atoms with Gasteiger partial charge in [0.1, 0.15) is 0 Å². The summed E-state index contributed by atoms with van der Waals surface area (Å²) in [6.45, 7) is 1.42. The SMILES string of the molecule is O=C1c2ccccc2C(=O)N1CCCCCCNc1cccc2ccccc12. The Bertz CT molecular complexity index is 972. The monoisotopic (exact) mass is 372 g/mol. The minimum Gasteiger partial charge on any atom is -0.385 e. The lowest BCUT2D eigenvalue weighted by molar-refractivity contribution is 0.0651. The molecule has 0 saturated heterocycles. The number of nitrogens with zero attached hydrogens (tertiary/aromatic N) is 1. The van der Waals surface area contributed by atoms with Crippen molar-refractivity contribution in [1.29, 1.82) is 0 Å². The van der Waals surface area contributed by atoms with Crippen LogP contribution in [0.5, 0.6) is 0 Å². The first-order chi connectivity index (χ1) is 13.8. The van der Waals surface area contributed by atoms with E-state index in [9.17, 15) is 9.59 Å². The Kier molecular flexibility index (Phi) is 5.38. The molecule has 0 saturated carbocycles. The number of unbranched alkanes of at least 4 members (excludes halogenated alkanes) is 3. The van der Waals surface area contributed by atoms with Crippen LogP contribution in [0.25, 0.3) is 10.8 Å². The molecule has 142 valence electrons. The van der Waals surface area contributed by atoms with E-state index in [1.165, 1.54) is 21.4 Å². The molecule has 0 unspecified atom stereocenters. The van der Waals surface area contributed by atoms with E-state index in [4.69, 9.17) is 0 Å². The van der Waals surface area contributed by atoms with Gasteiger partial charge in [0.25, 0.3) is 11.8 Å². The van der Waals surface area contributed by atoms with E-state index >= 15 is 0 Å². The highest BCUT2D eigenvalue weighted by molar-refractivity contribution is 6.21. The Balaban J connectivity index is 1.19. The van der Waals surface area contributed by atoms with Crippen LogP contribution in [0.15, 0.2) is 66.7 Å². The number of rotatable bonds is 8. The highest BCUT2D eigenvalue weighted by Crippen LogP contribution is 2.24. The fourth-order valence-corrected chi connectivity index (χ4v) is 3.79. The van der Waals surface area contributed by atoms with Gasteiger partial charge < -0.3 is 5.32 Å². The number of carbonyl (C=O) groups excluding carboxylic acids is 2. The second-order valence-corrected chi connectivity index (χ2v) is 7.18. The molecule has 0 radical (unpaired) electrons. The molecule has 2 amide bonds. The zero-order valence-electron chi connectivity index (χ0n) is 15.9. The van der Waals surface area contributed by atoms with Gasteiger partial charge in [-0.15, -0.1) is 0 Å². The van der Waals surface area contributed by atoms with Crippen molar-refractivity contribution in [2.24, 2.45) is 0 Å². The predicted octanol–water partition coefficient (Wildman–Crippen LogP) is 5.11. The Morgan fingerprint density at radius 1 is 0.679 bits per heavy atom. The summed E-state index contributed by atoms with van der Waals surface area (Å²) in [7, 11) is 0. The van der Waals surface area contributed by atoms with E-state index in [0.29, 0.717) is 17.7 Å². The van der Waals surface area contributed by atoms with E-state index in [1.54, 1.807) is 24.3 Å². The Labute approximate surface area is 165 Å². The second kappa shape index (κ2) is 8.26. The molecular weight excluding hydrogens is 348 g/mol. The third-order valence-corrected chi connectivity index (χ3v) is 5.29. The number of benzene rings is 3. The molecule has 1 aliphatic heterocycles. The van der Waals surface area contributed by atoms with Crippen LogP contribution in [0.3, 0.4) is 0 Å². The molecule has 0 fully saturated rings.